The molecule has 1 aliphatic heterocycles. The fourth-order valence-corrected chi connectivity index (χ4v) is 3.73. The summed E-state index contributed by atoms with van der Waals surface area (Å²) < 4.78 is 20.9. The Morgan fingerprint density at radius 1 is 1.16 bits per heavy atom. The molecule has 3 heterocycles. The van der Waals surface area contributed by atoms with Crippen molar-refractivity contribution in [1.82, 2.24) is 19.7 Å². The Labute approximate surface area is 180 Å². The molecule has 1 unspecified atom stereocenters. The van der Waals surface area contributed by atoms with Gasteiger partial charge in [0.05, 0.1) is 24.9 Å². The first-order chi connectivity index (χ1) is 14.8. The number of carbonyl (C=O) groups is 1. The molecule has 3 aromatic rings. The molecule has 4 rings (SSSR count). The van der Waals surface area contributed by atoms with Gasteiger partial charge in [0.15, 0.2) is 0 Å². The lowest BCUT2D eigenvalue weighted by atomic mass is 9.98. The summed E-state index contributed by atoms with van der Waals surface area (Å²) in [7, 11) is 0. The second kappa shape index (κ2) is 8.11. The molecule has 1 amide bonds. The number of ether oxygens (including phenoxy) is 1. The number of aliphatic hydroxyl groups excluding tert-OH is 1. The van der Waals surface area contributed by atoms with Crippen LogP contribution in [0.4, 0.5) is 9.18 Å². The van der Waals surface area contributed by atoms with Gasteiger partial charge in [0, 0.05) is 30.1 Å². The number of aromatic nitrogens is 3. The molecule has 1 atom stereocenters. The molecule has 0 bridgehead atoms. The van der Waals surface area contributed by atoms with Crippen molar-refractivity contribution < 1.29 is 19.0 Å². The number of carbonyl (C=O) groups excluding carboxylic acids is 1. The number of hydrogen-bond donors (Lipinski definition) is 1. The monoisotopic (exact) mass is 424 g/mol. The number of amides is 1. The van der Waals surface area contributed by atoms with Gasteiger partial charge in [-0.3, -0.25) is 9.67 Å². The first kappa shape index (κ1) is 21.0. The summed E-state index contributed by atoms with van der Waals surface area (Å²) in [5, 5.41) is 14.8. The molecule has 0 saturated heterocycles. The van der Waals surface area contributed by atoms with Crippen molar-refractivity contribution in [2.24, 2.45) is 0 Å². The minimum Gasteiger partial charge on any atom is -0.444 e. The lowest BCUT2D eigenvalue weighted by Crippen LogP contribution is -2.44. The molecule has 1 aliphatic rings. The van der Waals surface area contributed by atoms with Gasteiger partial charge in [-0.25, -0.2) is 9.18 Å². The summed E-state index contributed by atoms with van der Waals surface area (Å²) in [5.74, 6) is -0.331. The second-order valence-corrected chi connectivity index (χ2v) is 8.55. The Kier molecular flexibility index (Phi) is 5.49. The Bertz CT molecular complexity index is 1070. The maximum atomic E-state index is 13.5. The fraction of sp³-hybridized carbons (Fsp3) is 0.348. The number of pyridine rings is 1. The van der Waals surface area contributed by atoms with Crippen LogP contribution in [0.25, 0.3) is 22.4 Å². The highest BCUT2D eigenvalue weighted by Crippen LogP contribution is 2.38. The van der Waals surface area contributed by atoms with Gasteiger partial charge in [0.25, 0.3) is 0 Å². The molecule has 0 aliphatic carbocycles. The maximum Gasteiger partial charge on any atom is 0.410 e. The Balaban J connectivity index is 1.84. The predicted molar refractivity (Wildman–Crippen MR) is 114 cm³/mol. The number of halogens is 1. The van der Waals surface area contributed by atoms with Crippen LogP contribution in [0.2, 0.25) is 0 Å². The molecule has 0 fully saturated rings. The summed E-state index contributed by atoms with van der Waals surface area (Å²) in [6.45, 7) is 5.82. The molecule has 1 N–H and O–H groups in total. The fourth-order valence-electron chi connectivity index (χ4n) is 3.73. The van der Waals surface area contributed by atoms with E-state index in [1.165, 1.54) is 12.1 Å². The zero-order valence-electron chi connectivity index (χ0n) is 17.7. The Morgan fingerprint density at radius 3 is 2.45 bits per heavy atom. The van der Waals surface area contributed by atoms with E-state index in [-0.39, 0.29) is 25.5 Å². The normalized spacial score (nSPS) is 16.2. The second-order valence-electron chi connectivity index (χ2n) is 8.55. The van der Waals surface area contributed by atoms with Gasteiger partial charge in [-0.05, 0) is 62.7 Å². The molecular weight excluding hydrogens is 399 g/mol. The van der Waals surface area contributed by atoms with Gasteiger partial charge < -0.3 is 14.7 Å². The number of aliphatic hydroxyl groups is 1. The molecule has 0 spiro atoms. The SMILES string of the molecule is CC(C)(C)OC(=O)N1Cc2c(-c3ccncc3)c(-c3ccc(F)cc3)nn2C(CO)C1. The molecule has 8 heteroatoms. The summed E-state index contributed by atoms with van der Waals surface area (Å²) in [6.07, 6.45) is 2.93. The van der Waals surface area contributed by atoms with Crippen LogP contribution < -0.4 is 0 Å². The summed E-state index contributed by atoms with van der Waals surface area (Å²) in [6, 6.07) is 9.44. The van der Waals surface area contributed by atoms with Crippen molar-refractivity contribution in [3.63, 3.8) is 0 Å². The number of rotatable bonds is 3. The smallest absolute Gasteiger partial charge is 0.410 e. The van der Waals surface area contributed by atoms with E-state index in [1.54, 1.807) is 34.1 Å². The van der Waals surface area contributed by atoms with Crippen LogP contribution in [0.1, 0.15) is 32.5 Å². The van der Waals surface area contributed by atoms with E-state index in [0.717, 1.165) is 22.4 Å². The van der Waals surface area contributed by atoms with Gasteiger partial charge in [0.2, 0.25) is 0 Å². The van der Waals surface area contributed by atoms with E-state index in [4.69, 9.17) is 9.84 Å². The van der Waals surface area contributed by atoms with Crippen molar-refractivity contribution >= 4 is 6.09 Å². The highest BCUT2D eigenvalue weighted by Gasteiger charge is 2.35. The molecule has 162 valence electrons. The zero-order chi connectivity index (χ0) is 22.2. The number of fused-ring (bicyclic) bond motifs is 1. The lowest BCUT2D eigenvalue weighted by molar-refractivity contribution is 0.0129. The third-order valence-electron chi connectivity index (χ3n) is 5.08. The van der Waals surface area contributed by atoms with E-state index < -0.39 is 17.7 Å². The standard InChI is InChI=1S/C23H25FN4O3/c1-23(2,3)31-22(30)27-12-18(14-29)28-19(13-27)20(15-8-10-25-11-9-15)21(26-28)16-4-6-17(24)7-5-16/h4-11,18,29H,12-14H2,1-3H3. The maximum absolute atomic E-state index is 13.5. The van der Waals surface area contributed by atoms with Gasteiger partial charge in [0.1, 0.15) is 17.1 Å². The summed E-state index contributed by atoms with van der Waals surface area (Å²) in [4.78, 5) is 18.5. The minimum atomic E-state index is -0.628. The van der Waals surface area contributed by atoms with Crippen molar-refractivity contribution in [1.29, 1.82) is 0 Å². The van der Waals surface area contributed by atoms with Crippen molar-refractivity contribution in [2.45, 2.75) is 39.0 Å². The summed E-state index contributed by atoms with van der Waals surface area (Å²) >= 11 is 0. The van der Waals surface area contributed by atoms with Crippen LogP contribution in [0.15, 0.2) is 48.8 Å². The predicted octanol–water partition coefficient (Wildman–Crippen LogP) is 4.04. The van der Waals surface area contributed by atoms with E-state index >= 15 is 0 Å². The highest BCUT2D eigenvalue weighted by atomic mass is 19.1. The van der Waals surface area contributed by atoms with Crippen LogP contribution in [0.3, 0.4) is 0 Å². The van der Waals surface area contributed by atoms with Crippen molar-refractivity contribution in [2.75, 3.05) is 13.2 Å². The first-order valence-corrected chi connectivity index (χ1v) is 10.1. The van der Waals surface area contributed by atoms with E-state index in [1.807, 2.05) is 32.9 Å². The van der Waals surface area contributed by atoms with E-state index in [2.05, 4.69) is 4.98 Å². The number of benzene rings is 1. The Hall–Kier alpha value is -3.26. The van der Waals surface area contributed by atoms with Gasteiger partial charge >= 0.3 is 6.09 Å². The van der Waals surface area contributed by atoms with Gasteiger partial charge in [-0.15, -0.1) is 0 Å². The summed E-state index contributed by atoms with van der Waals surface area (Å²) in [5.41, 5.74) is 3.25. The average molecular weight is 424 g/mol. The molecule has 2 aromatic heterocycles. The zero-order valence-corrected chi connectivity index (χ0v) is 17.7. The van der Waals surface area contributed by atoms with Gasteiger partial charge in [-0.2, -0.15) is 5.10 Å². The molecule has 7 nitrogen and oxygen atoms in total. The van der Waals surface area contributed by atoms with E-state index in [0.29, 0.717) is 5.69 Å². The molecule has 1 aromatic carbocycles. The lowest BCUT2D eigenvalue weighted by Gasteiger charge is -2.34. The third kappa shape index (κ3) is 4.29. The number of nitrogens with zero attached hydrogens (tertiary/aromatic N) is 4. The third-order valence-corrected chi connectivity index (χ3v) is 5.08. The molecular formula is C23H25FN4O3. The van der Waals surface area contributed by atoms with Crippen LogP contribution in [-0.4, -0.2) is 49.6 Å². The van der Waals surface area contributed by atoms with Crippen LogP contribution in [0, 0.1) is 5.82 Å². The molecule has 0 saturated carbocycles. The Morgan fingerprint density at radius 2 is 1.84 bits per heavy atom. The highest BCUT2D eigenvalue weighted by molar-refractivity contribution is 5.83. The van der Waals surface area contributed by atoms with E-state index in [9.17, 15) is 14.3 Å². The minimum absolute atomic E-state index is 0.188. The van der Waals surface area contributed by atoms with Crippen LogP contribution >= 0.6 is 0 Å². The molecule has 31 heavy (non-hydrogen) atoms. The van der Waals surface area contributed by atoms with Crippen LogP contribution in [0.5, 0.6) is 0 Å². The number of hydrogen-bond acceptors (Lipinski definition) is 5. The quantitative estimate of drug-likeness (QED) is 0.687. The van der Waals surface area contributed by atoms with Gasteiger partial charge in [-0.1, -0.05) is 0 Å². The van der Waals surface area contributed by atoms with Crippen molar-refractivity contribution in [3.05, 3.63) is 60.3 Å². The van der Waals surface area contributed by atoms with Crippen molar-refractivity contribution in [3.8, 4) is 22.4 Å². The largest absolute Gasteiger partial charge is 0.444 e. The average Bonchev–Trinajstić information content (AvgIpc) is 3.12. The molecule has 0 radical (unpaired) electrons. The van der Waals surface area contributed by atoms with Crippen LogP contribution in [-0.2, 0) is 11.3 Å². The topological polar surface area (TPSA) is 80.5 Å². The first-order valence-electron chi connectivity index (χ1n) is 10.1.